The van der Waals surface area contributed by atoms with Gasteiger partial charge in [-0.2, -0.15) is 5.10 Å². The summed E-state index contributed by atoms with van der Waals surface area (Å²) in [5.41, 5.74) is 2.32. The van der Waals surface area contributed by atoms with Gasteiger partial charge >= 0.3 is 0 Å². The number of rotatable bonds is 6. The fourth-order valence-electron chi connectivity index (χ4n) is 3.48. The molecule has 1 N–H and O–H groups in total. The van der Waals surface area contributed by atoms with E-state index in [0.29, 0.717) is 23.6 Å². The minimum Gasteiger partial charge on any atom is -0.457 e. The van der Waals surface area contributed by atoms with Crippen molar-refractivity contribution in [1.29, 1.82) is 0 Å². The molecular weight excluding hydrogens is 385 g/mol. The number of aryl methyl sites for hydroxylation is 2. The Hall–Kier alpha value is -3.48. The number of halogens is 1. The molecule has 0 aliphatic heterocycles. The summed E-state index contributed by atoms with van der Waals surface area (Å²) in [5.74, 6) is 0.335. The van der Waals surface area contributed by atoms with Crippen molar-refractivity contribution in [2.75, 3.05) is 6.54 Å². The molecule has 0 saturated heterocycles. The molecule has 0 fully saturated rings. The summed E-state index contributed by atoms with van der Waals surface area (Å²) in [6, 6.07) is 14.0. The molecule has 0 atom stereocenters. The molecule has 3 aromatic rings. The molecule has 1 aromatic heterocycles. The largest absolute Gasteiger partial charge is 0.457 e. The van der Waals surface area contributed by atoms with Crippen LogP contribution in [0.25, 0.3) is 0 Å². The van der Waals surface area contributed by atoms with Crippen molar-refractivity contribution in [2.45, 2.75) is 32.2 Å². The molecule has 4 rings (SSSR count). The van der Waals surface area contributed by atoms with E-state index in [1.807, 2.05) is 0 Å². The third-order valence-corrected chi connectivity index (χ3v) is 5.03. The van der Waals surface area contributed by atoms with Crippen molar-refractivity contribution in [3.63, 3.8) is 0 Å². The van der Waals surface area contributed by atoms with Crippen molar-refractivity contribution < 1.29 is 13.9 Å². The van der Waals surface area contributed by atoms with Gasteiger partial charge in [0.15, 0.2) is 0 Å². The molecular formula is C23H22FN3O3. The molecule has 1 amide bonds. The Morgan fingerprint density at radius 2 is 1.87 bits per heavy atom. The van der Waals surface area contributed by atoms with E-state index in [-0.39, 0.29) is 23.8 Å². The maximum atomic E-state index is 13.0. The summed E-state index contributed by atoms with van der Waals surface area (Å²) >= 11 is 0. The van der Waals surface area contributed by atoms with Crippen LogP contribution in [0.2, 0.25) is 0 Å². The van der Waals surface area contributed by atoms with Crippen LogP contribution in [0.3, 0.4) is 0 Å². The fraction of sp³-hybridized carbons (Fsp3) is 0.261. The molecule has 30 heavy (non-hydrogen) atoms. The van der Waals surface area contributed by atoms with Crippen LogP contribution < -0.4 is 15.6 Å². The first kappa shape index (κ1) is 19.8. The first-order chi connectivity index (χ1) is 14.6. The third kappa shape index (κ3) is 4.74. The van der Waals surface area contributed by atoms with Crippen LogP contribution >= 0.6 is 0 Å². The minimum atomic E-state index is -0.344. The summed E-state index contributed by atoms with van der Waals surface area (Å²) in [7, 11) is 0. The molecule has 0 radical (unpaired) electrons. The van der Waals surface area contributed by atoms with Crippen molar-refractivity contribution in [2.24, 2.45) is 0 Å². The summed E-state index contributed by atoms with van der Waals surface area (Å²) in [6.07, 6.45) is 3.98. The summed E-state index contributed by atoms with van der Waals surface area (Å²) in [4.78, 5) is 24.7. The Morgan fingerprint density at radius 1 is 1.07 bits per heavy atom. The first-order valence-electron chi connectivity index (χ1n) is 10.00. The molecule has 6 nitrogen and oxygen atoms in total. The predicted molar refractivity (Wildman–Crippen MR) is 110 cm³/mol. The van der Waals surface area contributed by atoms with Crippen LogP contribution in [0.5, 0.6) is 11.5 Å². The Balaban J connectivity index is 1.36. The lowest BCUT2D eigenvalue weighted by atomic mass is 9.97. The summed E-state index contributed by atoms with van der Waals surface area (Å²) in [5, 5.41) is 7.27. The van der Waals surface area contributed by atoms with Crippen LogP contribution in [-0.4, -0.2) is 22.2 Å². The van der Waals surface area contributed by atoms with Crippen LogP contribution in [0.4, 0.5) is 4.39 Å². The maximum Gasteiger partial charge on any atom is 0.267 e. The average molecular weight is 407 g/mol. The highest BCUT2D eigenvalue weighted by Crippen LogP contribution is 2.22. The van der Waals surface area contributed by atoms with Gasteiger partial charge in [0.1, 0.15) is 17.3 Å². The van der Waals surface area contributed by atoms with Gasteiger partial charge < -0.3 is 10.1 Å². The Labute approximate surface area is 173 Å². The standard InChI is InChI=1S/C23H22FN3O3/c24-18-8-10-19(11-9-18)30-20-6-3-5-17(14-20)23(29)25-12-13-27-22(28)15-16-4-1-2-7-21(16)26-27/h3,5-6,8-11,14-15H,1-2,4,7,12-13H2,(H,25,29). The van der Waals surface area contributed by atoms with Gasteiger partial charge in [0.2, 0.25) is 0 Å². The van der Waals surface area contributed by atoms with Gasteiger partial charge in [-0.25, -0.2) is 9.07 Å². The number of nitrogens with zero attached hydrogens (tertiary/aromatic N) is 2. The second kappa shape index (κ2) is 8.90. The van der Waals surface area contributed by atoms with Crippen LogP contribution in [0.1, 0.15) is 34.5 Å². The van der Waals surface area contributed by atoms with Gasteiger partial charge in [-0.1, -0.05) is 6.07 Å². The number of carbonyl (C=O) groups excluding carboxylic acids is 1. The average Bonchev–Trinajstić information content (AvgIpc) is 2.76. The van der Waals surface area contributed by atoms with Crippen molar-refractivity contribution in [3.8, 4) is 11.5 Å². The van der Waals surface area contributed by atoms with Crippen LogP contribution in [0.15, 0.2) is 59.4 Å². The highest BCUT2D eigenvalue weighted by Gasteiger charge is 2.13. The number of carbonyl (C=O) groups is 1. The Kier molecular flexibility index (Phi) is 5.88. The van der Waals surface area contributed by atoms with E-state index in [9.17, 15) is 14.0 Å². The Bertz CT molecular complexity index is 1110. The maximum absolute atomic E-state index is 13.0. The van der Waals surface area contributed by atoms with E-state index in [4.69, 9.17) is 4.74 Å². The van der Waals surface area contributed by atoms with Gasteiger partial charge in [-0.05, 0) is 73.7 Å². The van der Waals surface area contributed by atoms with E-state index in [2.05, 4.69) is 10.4 Å². The summed E-state index contributed by atoms with van der Waals surface area (Å²) < 4.78 is 20.1. The Morgan fingerprint density at radius 3 is 2.70 bits per heavy atom. The predicted octanol–water partition coefficient (Wildman–Crippen LogP) is 3.48. The van der Waals surface area contributed by atoms with Crippen molar-refractivity contribution in [3.05, 3.63) is 87.6 Å². The smallest absolute Gasteiger partial charge is 0.267 e. The van der Waals surface area contributed by atoms with Crippen molar-refractivity contribution >= 4 is 5.91 Å². The number of nitrogens with one attached hydrogen (secondary N) is 1. The fourth-order valence-corrected chi connectivity index (χ4v) is 3.48. The zero-order valence-electron chi connectivity index (χ0n) is 16.4. The van der Waals surface area contributed by atoms with Gasteiger partial charge in [0.25, 0.3) is 11.5 Å². The topological polar surface area (TPSA) is 73.2 Å². The first-order valence-corrected chi connectivity index (χ1v) is 10.00. The lowest BCUT2D eigenvalue weighted by Crippen LogP contribution is -2.33. The molecule has 1 heterocycles. The van der Waals surface area contributed by atoms with Crippen LogP contribution in [-0.2, 0) is 19.4 Å². The zero-order chi connectivity index (χ0) is 20.9. The summed E-state index contributed by atoms with van der Waals surface area (Å²) in [6.45, 7) is 0.594. The van der Waals surface area contributed by atoms with E-state index in [1.54, 1.807) is 30.3 Å². The highest BCUT2D eigenvalue weighted by atomic mass is 19.1. The van der Waals surface area contributed by atoms with Crippen LogP contribution in [0, 0.1) is 5.82 Å². The van der Waals surface area contributed by atoms with E-state index in [1.165, 1.54) is 28.9 Å². The number of hydrogen-bond donors (Lipinski definition) is 1. The SMILES string of the molecule is O=C(NCCn1nc2c(cc1=O)CCCC2)c1cccc(Oc2ccc(F)cc2)c1. The number of aromatic nitrogens is 2. The lowest BCUT2D eigenvalue weighted by molar-refractivity contribution is 0.0951. The molecule has 2 aromatic carbocycles. The molecule has 7 heteroatoms. The van der Waals surface area contributed by atoms with Crippen molar-refractivity contribution in [1.82, 2.24) is 15.1 Å². The van der Waals surface area contributed by atoms with Gasteiger partial charge in [0.05, 0.1) is 12.2 Å². The molecule has 0 saturated carbocycles. The molecule has 0 bridgehead atoms. The number of fused-ring (bicyclic) bond motifs is 1. The number of ether oxygens (including phenoxy) is 1. The normalized spacial score (nSPS) is 12.8. The van der Waals surface area contributed by atoms with Gasteiger partial charge in [-0.15, -0.1) is 0 Å². The molecule has 1 aliphatic carbocycles. The van der Waals surface area contributed by atoms with E-state index < -0.39 is 0 Å². The second-order valence-corrected chi connectivity index (χ2v) is 7.22. The monoisotopic (exact) mass is 407 g/mol. The van der Waals surface area contributed by atoms with E-state index >= 15 is 0 Å². The van der Waals surface area contributed by atoms with E-state index in [0.717, 1.165) is 36.9 Å². The molecule has 0 unspecified atom stereocenters. The molecule has 154 valence electrons. The minimum absolute atomic E-state index is 0.139. The number of amides is 1. The third-order valence-electron chi connectivity index (χ3n) is 5.03. The second-order valence-electron chi connectivity index (χ2n) is 7.22. The highest BCUT2D eigenvalue weighted by molar-refractivity contribution is 5.94. The van der Waals surface area contributed by atoms with Gasteiger partial charge in [-0.3, -0.25) is 9.59 Å². The molecule has 1 aliphatic rings. The number of hydrogen-bond acceptors (Lipinski definition) is 4. The quantitative estimate of drug-likeness (QED) is 0.679. The van der Waals surface area contributed by atoms with Gasteiger partial charge in [0, 0.05) is 18.2 Å². The zero-order valence-corrected chi connectivity index (χ0v) is 16.4. The lowest BCUT2D eigenvalue weighted by Gasteiger charge is -2.16. The number of benzene rings is 2. The molecule has 0 spiro atoms.